The molecule has 0 bridgehead atoms. The molecule has 0 unspecified atom stereocenters. The molecular formula is C24H25N3O5S2. The molecular weight excluding hydrogens is 474 g/mol. The van der Waals surface area contributed by atoms with E-state index < -0.39 is 16.0 Å². The van der Waals surface area contributed by atoms with Crippen LogP contribution in [0, 0.1) is 12.8 Å². The van der Waals surface area contributed by atoms with E-state index in [9.17, 15) is 18.0 Å². The molecule has 8 nitrogen and oxygen atoms in total. The normalized spacial score (nSPS) is 15.1. The molecule has 34 heavy (non-hydrogen) atoms. The number of carbonyl (C=O) groups excluding carboxylic acids is 2. The molecule has 1 aromatic heterocycles. The number of amides is 1. The van der Waals surface area contributed by atoms with Crippen molar-refractivity contribution in [1.29, 1.82) is 0 Å². The smallest absolute Gasteiger partial charge is 0.339 e. The van der Waals surface area contributed by atoms with E-state index in [1.54, 1.807) is 17.0 Å². The van der Waals surface area contributed by atoms with E-state index in [1.807, 2.05) is 42.6 Å². The van der Waals surface area contributed by atoms with Gasteiger partial charge in [0.05, 0.1) is 29.0 Å². The van der Waals surface area contributed by atoms with E-state index in [0.29, 0.717) is 18.0 Å². The first-order chi connectivity index (χ1) is 16.3. The number of esters is 1. The number of hydrogen-bond donors (Lipinski definition) is 0. The molecule has 0 aliphatic carbocycles. The Morgan fingerprint density at radius 2 is 1.71 bits per heavy atom. The van der Waals surface area contributed by atoms with Gasteiger partial charge in [0.15, 0.2) is 5.13 Å². The van der Waals surface area contributed by atoms with Gasteiger partial charge in [-0.25, -0.2) is 18.2 Å². The van der Waals surface area contributed by atoms with Crippen molar-refractivity contribution in [2.75, 3.05) is 25.1 Å². The van der Waals surface area contributed by atoms with Crippen molar-refractivity contribution in [3.63, 3.8) is 0 Å². The van der Waals surface area contributed by atoms with Gasteiger partial charge >= 0.3 is 5.97 Å². The lowest BCUT2D eigenvalue weighted by molar-refractivity contribution is -0.122. The van der Waals surface area contributed by atoms with Gasteiger partial charge < -0.3 is 4.74 Å². The van der Waals surface area contributed by atoms with Crippen LogP contribution in [-0.2, 0) is 19.6 Å². The average molecular weight is 500 g/mol. The molecule has 0 N–H and O–H groups in total. The number of hydrogen-bond acceptors (Lipinski definition) is 7. The molecule has 0 atom stereocenters. The second kappa shape index (κ2) is 10.0. The number of benzene rings is 2. The monoisotopic (exact) mass is 499 g/mol. The molecule has 178 valence electrons. The molecule has 1 aliphatic rings. The van der Waals surface area contributed by atoms with Crippen molar-refractivity contribution in [2.45, 2.75) is 24.7 Å². The highest BCUT2D eigenvalue weighted by molar-refractivity contribution is 7.89. The van der Waals surface area contributed by atoms with Crippen molar-refractivity contribution in [3.8, 4) is 0 Å². The van der Waals surface area contributed by atoms with E-state index in [1.165, 1.54) is 34.9 Å². The van der Waals surface area contributed by atoms with Crippen LogP contribution in [0.2, 0.25) is 0 Å². The molecule has 0 spiro atoms. The molecule has 1 aliphatic heterocycles. The van der Waals surface area contributed by atoms with Crippen LogP contribution in [0.5, 0.6) is 0 Å². The third-order valence-corrected chi connectivity index (χ3v) is 8.65. The van der Waals surface area contributed by atoms with Gasteiger partial charge in [0.1, 0.15) is 0 Å². The van der Waals surface area contributed by atoms with Crippen LogP contribution < -0.4 is 4.90 Å². The van der Waals surface area contributed by atoms with Gasteiger partial charge in [0, 0.05) is 24.4 Å². The van der Waals surface area contributed by atoms with Gasteiger partial charge in [0.2, 0.25) is 15.9 Å². The average Bonchev–Trinajstić information content (AvgIpc) is 3.29. The number of carbonyl (C=O) groups is 2. The van der Waals surface area contributed by atoms with E-state index in [4.69, 9.17) is 4.74 Å². The second-order valence-electron chi connectivity index (χ2n) is 7.95. The Hall–Kier alpha value is -3.08. The number of aromatic nitrogens is 1. The first-order valence-electron chi connectivity index (χ1n) is 10.8. The van der Waals surface area contributed by atoms with Crippen LogP contribution in [-0.4, -0.2) is 49.8 Å². The predicted octanol–water partition coefficient (Wildman–Crippen LogP) is 4.00. The van der Waals surface area contributed by atoms with Crippen LogP contribution in [0.15, 0.2) is 64.9 Å². The summed E-state index contributed by atoms with van der Waals surface area (Å²) in [5, 5.41) is 2.49. The zero-order chi connectivity index (χ0) is 24.3. The summed E-state index contributed by atoms with van der Waals surface area (Å²) in [6.07, 6.45) is 0.734. The summed E-state index contributed by atoms with van der Waals surface area (Å²) in [5.74, 6) is -1.17. The number of thiazole rings is 1. The summed E-state index contributed by atoms with van der Waals surface area (Å²) in [5.41, 5.74) is 1.56. The first-order valence-corrected chi connectivity index (χ1v) is 13.1. The molecule has 4 rings (SSSR count). The zero-order valence-electron chi connectivity index (χ0n) is 18.9. The summed E-state index contributed by atoms with van der Waals surface area (Å²) in [4.78, 5) is 31.7. The lowest BCUT2D eigenvalue weighted by Crippen LogP contribution is -2.43. The Bertz CT molecular complexity index is 1280. The summed E-state index contributed by atoms with van der Waals surface area (Å²) in [6.45, 7) is 2.23. The number of piperidine rings is 1. The van der Waals surface area contributed by atoms with Crippen LogP contribution in [0.25, 0.3) is 0 Å². The first kappa shape index (κ1) is 24.1. The fourth-order valence-corrected chi connectivity index (χ4v) is 6.46. The van der Waals surface area contributed by atoms with Crippen molar-refractivity contribution in [1.82, 2.24) is 9.29 Å². The molecule has 0 saturated carbocycles. The zero-order valence-corrected chi connectivity index (χ0v) is 20.5. The number of anilines is 2. The van der Waals surface area contributed by atoms with Crippen LogP contribution in [0.1, 0.15) is 28.9 Å². The summed E-state index contributed by atoms with van der Waals surface area (Å²) in [6, 6.07) is 15.3. The third-order valence-electron chi connectivity index (χ3n) is 5.75. The van der Waals surface area contributed by atoms with Gasteiger partial charge in [-0.1, -0.05) is 30.3 Å². The van der Waals surface area contributed by atoms with E-state index in [-0.39, 0.29) is 35.4 Å². The summed E-state index contributed by atoms with van der Waals surface area (Å²) >= 11 is 1.40. The van der Waals surface area contributed by atoms with Crippen molar-refractivity contribution < 1.29 is 22.7 Å². The van der Waals surface area contributed by atoms with Gasteiger partial charge in [-0.3, -0.25) is 9.69 Å². The maximum Gasteiger partial charge on any atom is 0.339 e. The molecule has 1 amide bonds. The highest BCUT2D eigenvalue weighted by atomic mass is 32.2. The van der Waals surface area contributed by atoms with Crippen molar-refractivity contribution in [2.24, 2.45) is 5.92 Å². The summed E-state index contributed by atoms with van der Waals surface area (Å²) in [7, 11) is -2.71. The van der Waals surface area contributed by atoms with Crippen LogP contribution in [0.4, 0.5) is 10.8 Å². The second-order valence-corrected chi connectivity index (χ2v) is 10.7. The Morgan fingerprint density at radius 3 is 2.32 bits per heavy atom. The Labute approximate surface area is 202 Å². The minimum absolute atomic E-state index is 0.00223. The summed E-state index contributed by atoms with van der Waals surface area (Å²) < 4.78 is 32.7. The fraction of sp³-hybridized carbons (Fsp3) is 0.292. The van der Waals surface area contributed by atoms with E-state index in [2.05, 4.69) is 4.98 Å². The van der Waals surface area contributed by atoms with E-state index in [0.717, 1.165) is 11.4 Å². The molecule has 0 radical (unpaired) electrons. The van der Waals surface area contributed by atoms with Crippen LogP contribution >= 0.6 is 11.3 Å². The largest absolute Gasteiger partial charge is 0.465 e. The number of methoxy groups -OCH3 is 1. The molecule has 1 saturated heterocycles. The minimum atomic E-state index is -3.92. The molecule has 2 aromatic carbocycles. The molecule has 3 aromatic rings. The van der Waals surface area contributed by atoms with Crippen LogP contribution in [0.3, 0.4) is 0 Å². The standard InChI is InChI=1S/C24H25N3O5S2/c1-17-16-33-24(25-17)27(19-8-4-3-5-9-19)22(28)18-12-14-26(15-13-18)34(30,31)21-11-7-6-10-20(21)23(29)32-2/h3-11,16,18H,12-15H2,1-2H3. The number of nitrogens with zero attached hydrogens (tertiary/aromatic N) is 3. The number of sulfonamides is 1. The highest BCUT2D eigenvalue weighted by Gasteiger charge is 2.36. The fourth-order valence-electron chi connectivity index (χ4n) is 3.99. The Morgan fingerprint density at radius 1 is 1.06 bits per heavy atom. The lowest BCUT2D eigenvalue weighted by atomic mass is 9.96. The maximum absolute atomic E-state index is 13.6. The lowest BCUT2D eigenvalue weighted by Gasteiger charge is -2.33. The maximum atomic E-state index is 13.6. The SMILES string of the molecule is COC(=O)c1ccccc1S(=O)(=O)N1CCC(C(=O)N(c2ccccc2)c2nc(C)cs2)CC1. The molecule has 2 heterocycles. The minimum Gasteiger partial charge on any atom is -0.465 e. The topological polar surface area (TPSA) is 96.9 Å². The number of para-hydroxylation sites is 1. The third kappa shape index (κ3) is 4.75. The molecule has 1 fully saturated rings. The van der Waals surface area contributed by atoms with Crippen molar-refractivity contribution >= 4 is 44.1 Å². The van der Waals surface area contributed by atoms with Crippen molar-refractivity contribution in [3.05, 3.63) is 71.2 Å². The van der Waals surface area contributed by atoms with Gasteiger partial charge in [-0.2, -0.15) is 4.31 Å². The van der Waals surface area contributed by atoms with E-state index >= 15 is 0 Å². The highest BCUT2D eigenvalue weighted by Crippen LogP contribution is 2.33. The van der Waals surface area contributed by atoms with Gasteiger partial charge in [0.25, 0.3) is 0 Å². The number of aryl methyl sites for hydroxylation is 1. The quantitative estimate of drug-likeness (QED) is 0.476. The number of ether oxygens (including phenoxy) is 1. The Kier molecular flexibility index (Phi) is 7.11. The van der Waals surface area contributed by atoms with Gasteiger partial charge in [-0.05, 0) is 44.0 Å². The Balaban J connectivity index is 1.54. The molecule has 10 heteroatoms. The number of rotatable bonds is 6. The predicted molar refractivity (Wildman–Crippen MR) is 130 cm³/mol. The van der Waals surface area contributed by atoms with Gasteiger partial charge in [-0.15, -0.1) is 11.3 Å².